The Labute approximate surface area is 122 Å². The summed E-state index contributed by atoms with van der Waals surface area (Å²) in [6.07, 6.45) is 4.81. The number of allylic oxidation sites excluding steroid dienone is 1. The van der Waals surface area contributed by atoms with Gasteiger partial charge in [0, 0.05) is 16.9 Å². The highest BCUT2D eigenvalue weighted by Crippen LogP contribution is 2.62. The quantitative estimate of drug-likeness (QED) is 0.503. The van der Waals surface area contributed by atoms with Crippen LogP contribution < -0.4 is 0 Å². The summed E-state index contributed by atoms with van der Waals surface area (Å²) in [5, 5.41) is 0. The number of carbonyl (C=O) groups excluding carboxylic acids is 2. The van der Waals surface area contributed by atoms with Crippen molar-refractivity contribution in [3.8, 4) is 0 Å². The molecule has 0 spiro atoms. The fraction of sp³-hybridized carbons (Fsp3) is 0.500. The lowest BCUT2D eigenvalue weighted by Gasteiger charge is -2.49. The van der Waals surface area contributed by atoms with Crippen LogP contribution >= 0.6 is 0 Å². The number of hydrogen-bond donors (Lipinski definition) is 0. The molecule has 0 N–H and O–H groups in total. The van der Waals surface area contributed by atoms with Gasteiger partial charge < -0.3 is 14.2 Å². The van der Waals surface area contributed by atoms with Gasteiger partial charge in [0.1, 0.15) is 18.5 Å². The highest BCUT2D eigenvalue weighted by atomic mass is 16.6. The van der Waals surface area contributed by atoms with Crippen molar-refractivity contribution >= 4 is 11.9 Å². The maximum Gasteiger partial charge on any atom is 0.337 e. The third-order valence-corrected chi connectivity index (χ3v) is 5.57. The molecule has 0 aromatic rings. The van der Waals surface area contributed by atoms with Crippen LogP contribution in [0.4, 0.5) is 0 Å². The van der Waals surface area contributed by atoms with E-state index in [-0.39, 0.29) is 23.4 Å². The van der Waals surface area contributed by atoms with Crippen LogP contribution in [0.5, 0.6) is 0 Å². The molecule has 2 saturated heterocycles. The molecule has 4 rings (SSSR count). The Morgan fingerprint density at radius 3 is 2.76 bits per heavy atom. The van der Waals surface area contributed by atoms with Gasteiger partial charge in [0.2, 0.25) is 0 Å². The van der Waals surface area contributed by atoms with E-state index in [2.05, 4.69) is 6.58 Å². The SMILES string of the molecule is C=C1C(=O)O[C@H]2C[C@@]3(C)C=COC=C4C(=O)O[C@H]([C@H]43)[C@]12C. The van der Waals surface area contributed by atoms with Gasteiger partial charge in [0.05, 0.1) is 17.3 Å². The summed E-state index contributed by atoms with van der Waals surface area (Å²) >= 11 is 0. The number of hydrogen-bond acceptors (Lipinski definition) is 5. The molecule has 110 valence electrons. The number of rotatable bonds is 0. The standard InChI is InChI=1S/C16H16O5/c1-8-13(17)20-10-6-15(2)4-5-19-7-9-11(15)12(16(8,10)3)21-14(9)18/h4-5,7,10-12H,1,6H2,2-3H3/t10-,11-,12+,15+,16+/m0/s1. The second-order valence-corrected chi connectivity index (χ2v) is 6.68. The molecule has 1 saturated carbocycles. The van der Waals surface area contributed by atoms with Crippen LogP contribution in [0.1, 0.15) is 20.3 Å². The summed E-state index contributed by atoms with van der Waals surface area (Å²) in [7, 11) is 0. The molecule has 1 aliphatic carbocycles. The zero-order valence-corrected chi connectivity index (χ0v) is 11.9. The Hall–Kier alpha value is -2.04. The van der Waals surface area contributed by atoms with Crippen LogP contribution in [-0.4, -0.2) is 24.1 Å². The number of fused-ring (bicyclic) bond motifs is 2. The van der Waals surface area contributed by atoms with E-state index in [4.69, 9.17) is 14.2 Å². The molecule has 0 aromatic carbocycles. The molecule has 5 heteroatoms. The molecule has 0 amide bonds. The molecule has 0 unspecified atom stereocenters. The lowest BCUT2D eigenvalue weighted by molar-refractivity contribution is -0.157. The maximum absolute atomic E-state index is 12.2. The van der Waals surface area contributed by atoms with Crippen molar-refractivity contribution in [1.29, 1.82) is 0 Å². The zero-order valence-electron chi connectivity index (χ0n) is 11.9. The van der Waals surface area contributed by atoms with Crippen molar-refractivity contribution < 1.29 is 23.8 Å². The lowest BCUT2D eigenvalue weighted by Crippen LogP contribution is -2.54. The minimum Gasteiger partial charge on any atom is -0.472 e. The smallest absolute Gasteiger partial charge is 0.337 e. The van der Waals surface area contributed by atoms with Gasteiger partial charge >= 0.3 is 11.9 Å². The van der Waals surface area contributed by atoms with Gasteiger partial charge in [-0.3, -0.25) is 0 Å². The molecule has 0 bridgehead atoms. The molecular formula is C16H16O5. The normalized spacial score (nSPS) is 46.9. The van der Waals surface area contributed by atoms with Crippen LogP contribution in [0.15, 0.2) is 36.3 Å². The third-order valence-electron chi connectivity index (χ3n) is 5.57. The summed E-state index contributed by atoms with van der Waals surface area (Å²) in [5.41, 5.74) is -0.110. The second kappa shape index (κ2) is 3.59. The van der Waals surface area contributed by atoms with Crippen molar-refractivity contribution in [3.63, 3.8) is 0 Å². The first-order valence-electron chi connectivity index (χ1n) is 7.02. The van der Waals surface area contributed by atoms with E-state index in [0.717, 1.165) is 0 Å². The number of esters is 2. The van der Waals surface area contributed by atoms with Crippen molar-refractivity contribution in [2.24, 2.45) is 16.7 Å². The van der Waals surface area contributed by atoms with Crippen LogP contribution in [0.3, 0.4) is 0 Å². The predicted octanol–water partition coefficient (Wildman–Crippen LogP) is 1.85. The fourth-order valence-corrected chi connectivity index (χ4v) is 4.18. The molecule has 5 atom stereocenters. The van der Waals surface area contributed by atoms with Crippen molar-refractivity contribution in [2.45, 2.75) is 32.5 Å². The van der Waals surface area contributed by atoms with E-state index >= 15 is 0 Å². The van der Waals surface area contributed by atoms with E-state index in [9.17, 15) is 9.59 Å². The second-order valence-electron chi connectivity index (χ2n) is 6.68. The topological polar surface area (TPSA) is 61.8 Å². The Kier molecular flexibility index (Phi) is 2.17. The van der Waals surface area contributed by atoms with E-state index in [1.54, 1.807) is 6.26 Å². The van der Waals surface area contributed by atoms with Gasteiger partial charge in [0.25, 0.3) is 0 Å². The van der Waals surface area contributed by atoms with Crippen LogP contribution in [-0.2, 0) is 23.8 Å². The van der Waals surface area contributed by atoms with Crippen LogP contribution in [0.2, 0.25) is 0 Å². The molecule has 21 heavy (non-hydrogen) atoms. The minimum absolute atomic E-state index is 0.156. The fourth-order valence-electron chi connectivity index (χ4n) is 4.18. The Morgan fingerprint density at radius 1 is 1.24 bits per heavy atom. The minimum atomic E-state index is -0.676. The average molecular weight is 288 g/mol. The number of ether oxygens (including phenoxy) is 3. The van der Waals surface area contributed by atoms with Gasteiger partial charge in [-0.1, -0.05) is 13.5 Å². The van der Waals surface area contributed by atoms with Crippen LogP contribution in [0.25, 0.3) is 0 Å². The summed E-state index contributed by atoms with van der Waals surface area (Å²) in [5.74, 6) is -0.929. The van der Waals surface area contributed by atoms with E-state index in [1.165, 1.54) is 6.26 Å². The molecule has 5 nitrogen and oxygen atoms in total. The molecule has 0 radical (unpaired) electrons. The first-order valence-corrected chi connectivity index (χ1v) is 7.02. The highest BCUT2D eigenvalue weighted by Gasteiger charge is 2.68. The number of carbonyl (C=O) groups is 2. The summed E-state index contributed by atoms with van der Waals surface area (Å²) in [6.45, 7) is 7.83. The highest BCUT2D eigenvalue weighted by molar-refractivity contribution is 5.95. The summed E-state index contributed by atoms with van der Waals surface area (Å²) in [6, 6.07) is 0. The predicted molar refractivity (Wildman–Crippen MR) is 71.5 cm³/mol. The van der Waals surface area contributed by atoms with E-state index in [1.807, 2.05) is 19.9 Å². The van der Waals surface area contributed by atoms with Crippen LogP contribution in [0, 0.1) is 16.7 Å². The molecule has 4 aliphatic rings. The summed E-state index contributed by atoms with van der Waals surface area (Å²) < 4.78 is 16.4. The maximum atomic E-state index is 12.2. The third kappa shape index (κ3) is 1.32. The Morgan fingerprint density at radius 2 is 2.00 bits per heavy atom. The molecule has 3 fully saturated rings. The van der Waals surface area contributed by atoms with Gasteiger partial charge in [-0.25, -0.2) is 9.59 Å². The van der Waals surface area contributed by atoms with Crippen molar-refractivity contribution in [2.75, 3.05) is 0 Å². The molecule has 0 aromatic heterocycles. The summed E-state index contributed by atoms with van der Waals surface area (Å²) in [4.78, 5) is 24.2. The van der Waals surface area contributed by atoms with Crippen molar-refractivity contribution in [1.82, 2.24) is 0 Å². The van der Waals surface area contributed by atoms with Gasteiger partial charge in [0.15, 0.2) is 0 Å². The largest absolute Gasteiger partial charge is 0.472 e. The van der Waals surface area contributed by atoms with Gasteiger partial charge in [-0.15, -0.1) is 0 Å². The first kappa shape index (κ1) is 12.7. The molecule has 3 aliphatic heterocycles. The lowest BCUT2D eigenvalue weighted by atomic mass is 9.54. The van der Waals surface area contributed by atoms with Gasteiger partial charge in [-0.05, 0) is 19.4 Å². The Balaban J connectivity index is 1.92. The molecule has 3 heterocycles. The molecular weight excluding hydrogens is 272 g/mol. The van der Waals surface area contributed by atoms with Crippen molar-refractivity contribution in [3.05, 3.63) is 36.3 Å². The average Bonchev–Trinajstić information content (AvgIpc) is 2.79. The Bertz CT molecular complexity index is 645. The first-order chi connectivity index (χ1) is 9.88. The van der Waals surface area contributed by atoms with Gasteiger partial charge in [-0.2, -0.15) is 0 Å². The zero-order chi connectivity index (χ0) is 15.0. The monoisotopic (exact) mass is 288 g/mol. The van der Waals surface area contributed by atoms with E-state index < -0.39 is 17.5 Å². The van der Waals surface area contributed by atoms with E-state index in [0.29, 0.717) is 17.6 Å².